The summed E-state index contributed by atoms with van der Waals surface area (Å²) in [6, 6.07) is 6.56. The van der Waals surface area contributed by atoms with E-state index < -0.39 is 14.7 Å². The molecule has 1 atom stereocenters. The first-order chi connectivity index (χ1) is 8.41. The first-order valence-corrected chi connectivity index (χ1v) is 8.26. The van der Waals surface area contributed by atoms with Crippen LogP contribution in [0.4, 0.5) is 13.2 Å². The minimum atomic E-state index is -4.39. The maximum atomic E-state index is 13.4. The Morgan fingerprint density at radius 2 is 1.89 bits per heavy atom. The van der Waals surface area contributed by atoms with Gasteiger partial charge in [0.05, 0.1) is 0 Å². The standard InChI is InChI=1S/C13H14ClF3S/c1-2-3-7-11-9-10-6-4-5-8-12(10)18(11,14)13(15,16)17/h4-6,8-9H,2-3,7H2,1H3. The second-order valence-corrected chi connectivity index (χ2v) is 8.13. The zero-order valence-corrected chi connectivity index (χ0v) is 11.5. The average Bonchev–Trinajstić information content (AvgIpc) is 2.61. The van der Waals surface area contributed by atoms with Crippen LogP contribution in [0.5, 0.6) is 0 Å². The van der Waals surface area contributed by atoms with Crippen LogP contribution in [0.1, 0.15) is 31.7 Å². The van der Waals surface area contributed by atoms with Gasteiger partial charge in [0.1, 0.15) is 0 Å². The van der Waals surface area contributed by atoms with Gasteiger partial charge in [-0.05, 0) is 55.4 Å². The molecule has 0 aliphatic carbocycles. The quantitative estimate of drug-likeness (QED) is 0.635. The zero-order chi connectivity index (χ0) is 13.4. The molecule has 1 aromatic carbocycles. The number of fused-ring (bicyclic) bond motifs is 1. The molecule has 0 nitrogen and oxygen atoms in total. The molecule has 2 rings (SSSR count). The van der Waals surface area contributed by atoms with Crippen molar-refractivity contribution in [2.24, 2.45) is 0 Å². The fourth-order valence-electron chi connectivity index (χ4n) is 2.09. The van der Waals surface area contributed by atoms with Crippen LogP contribution in [0.3, 0.4) is 0 Å². The van der Waals surface area contributed by atoms with Gasteiger partial charge in [-0.25, -0.2) is 0 Å². The van der Waals surface area contributed by atoms with Crippen molar-refractivity contribution in [2.45, 2.75) is 36.6 Å². The molecule has 0 spiro atoms. The molecular formula is C13H14ClF3S. The van der Waals surface area contributed by atoms with Gasteiger partial charge >= 0.3 is 5.51 Å². The van der Waals surface area contributed by atoms with E-state index in [4.69, 9.17) is 10.7 Å². The van der Waals surface area contributed by atoms with Gasteiger partial charge in [0.2, 0.25) is 0 Å². The van der Waals surface area contributed by atoms with E-state index in [0.717, 1.165) is 12.8 Å². The highest BCUT2D eigenvalue weighted by Crippen LogP contribution is 2.80. The van der Waals surface area contributed by atoms with E-state index in [2.05, 4.69) is 0 Å². The van der Waals surface area contributed by atoms with Gasteiger partial charge < -0.3 is 0 Å². The minimum absolute atomic E-state index is 0.241. The molecule has 0 amide bonds. The first-order valence-electron chi connectivity index (χ1n) is 5.80. The van der Waals surface area contributed by atoms with Gasteiger partial charge in [-0.3, -0.25) is 0 Å². The minimum Gasteiger partial charge on any atom is -0.160 e. The maximum absolute atomic E-state index is 13.4. The number of allylic oxidation sites excluding steroid dienone is 1. The Hall–Kier alpha value is -0.610. The zero-order valence-electron chi connectivity index (χ0n) is 9.93. The van der Waals surface area contributed by atoms with Gasteiger partial charge in [0.15, 0.2) is 0 Å². The van der Waals surface area contributed by atoms with E-state index in [1.165, 1.54) is 6.07 Å². The molecule has 0 saturated carbocycles. The summed E-state index contributed by atoms with van der Waals surface area (Å²) >= 11 is 0. The maximum Gasteiger partial charge on any atom is 0.445 e. The summed E-state index contributed by atoms with van der Waals surface area (Å²) in [6.45, 7) is 1.96. The van der Waals surface area contributed by atoms with Crippen molar-refractivity contribution in [3.8, 4) is 0 Å². The summed E-state index contributed by atoms with van der Waals surface area (Å²) in [5.41, 5.74) is -3.77. The summed E-state index contributed by atoms with van der Waals surface area (Å²) < 4.78 is 40.1. The molecule has 0 fully saturated rings. The smallest absolute Gasteiger partial charge is 0.160 e. The van der Waals surface area contributed by atoms with Crippen LogP contribution in [-0.2, 0) is 0 Å². The summed E-state index contributed by atoms with van der Waals surface area (Å²) in [7, 11) is 2.71. The Labute approximate surface area is 111 Å². The van der Waals surface area contributed by atoms with E-state index in [1.807, 2.05) is 6.92 Å². The van der Waals surface area contributed by atoms with Crippen LogP contribution in [-0.4, -0.2) is 5.51 Å². The van der Waals surface area contributed by atoms with Crippen LogP contribution in [0.2, 0.25) is 0 Å². The summed E-state index contributed by atoms with van der Waals surface area (Å²) in [5, 5.41) is 0. The van der Waals surface area contributed by atoms with E-state index >= 15 is 0 Å². The van der Waals surface area contributed by atoms with Gasteiger partial charge in [0.25, 0.3) is 0 Å². The second-order valence-electron chi connectivity index (χ2n) is 4.24. The molecule has 1 unspecified atom stereocenters. The molecule has 1 aromatic rings. The van der Waals surface area contributed by atoms with Crippen LogP contribution >= 0.6 is 19.9 Å². The average molecular weight is 295 g/mol. The molecular weight excluding hydrogens is 281 g/mol. The molecule has 5 heteroatoms. The molecule has 0 radical (unpaired) electrons. The third-order valence-electron chi connectivity index (χ3n) is 3.00. The number of unbranched alkanes of at least 4 members (excludes halogenated alkanes) is 1. The molecule has 0 saturated heterocycles. The fourth-order valence-corrected chi connectivity index (χ4v) is 5.14. The highest BCUT2D eigenvalue weighted by molar-refractivity contribution is 8.54. The normalized spacial score (nSPS) is 26.4. The van der Waals surface area contributed by atoms with Gasteiger partial charge in [-0.1, -0.05) is 31.5 Å². The van der Waals surface area contributed by atoms with E-state index in [-0.39, 0.29) is 4.90 Å². The van der Waals surface area contributed by atoms with E-state index in [1.54, 1.807) is 24.3 Å². The Kier molecular flexibility index (Phi) is 3.70. The molecule has 1 aliphatic rings. The van der Waals surface area contributed by atoms with Gasteiger partial charge in [0, 0.05) is 4.90 Å². The monoisotopic (exact) mass is 294 g/mol. The van der Waals surface area contributed by atoms with E-state index in [0.29, 0.717) is 16.9 Å². The lowest BCUT2D eigenvalue weighted by Crippen LogP contribution is -2.16. The van der Waals surface area contributed by atoms with Crippen molar-refractivity contribution in [1.29, 1.82) is 0 Å². The van der Waals surface area contributed by atoms with Crippen molar-refractivity contribution in [3.63, 3.8) is 0 Å². The fraction of sp³-hybridized carbons (Fsp3) is 0.385. The summed E-state index contributed by atoms with van der Waals surface area (Å²) in [5.74, 6) is 0. The lowest BCUT2D eigenvalue weighted by Gasteiger charge is -2.34. The van der Waals surface area contributed by atoms with E-state index in [9.17, 15) is 13.2 Å². The largest absolute Gasteiger partial charge is 0.445 e. The number of rotatable bonds is 3. The molecule has 0 N–H and O–H groups in total. The SMILES string of the molecule is CCCCC1=Cc2ccccc2S1(Cl)C(F)(F)F. The van der Waals surface area contributed by atoms with Crippen molar-refractivity contribution in [3.05, 3.63) is 34.7 Å². The molecule has 0 bridgehead atoms. The summed E-state index contributed by atoms with van der Waals surface area (Å²) in [6.07, 6.45) is 3.64. The Morgan fingerprint density at radius 3 is 2.50 bits per heavy atom. The Balaban J connectivity index is 2.49. The highest BCUT2D eigenvalue weighted by Gasteiger charge is 2.55. The molecule has 18 heavy (non-hydrogen) atoms. The van der Waals surface area contributed by atoms with Crippen LogP contribution in [0, 0.1) is 0 Å². The number of halogens is 4. The second kappa shape index (κ2) is 4.82. The van der Waals surface area contributed by atoms with Crippen molar-refractivity contribution >= 4 is 26.0 Å². The van der Waals surface area contributed by atoms with Crippen molar-refractivity contribution < 1.29 is 13.2 Å². The highest BCUT2D eigenvalue weighted by atomic mass is 35.7. The van der Waals surface area contributed by atoms with Gasteiger partial charge in [-0.15, -0.1) is 0 Å². The van der Waals surface area contributed by atoms with Gasteiger partial charge in [-0.2, -0.15) is 13.2 Å². The lowest BCUT2D eigenvalue weighted by molar-refractivity contribution is -0.0359. The first kappa shape index (κ1) is 13.8. The molecule has 1 heterocycles. The van der Waals surface area contributed by atoms with Crippen molar-refractivity contribution in [2.75, 3.05) is 0 Å². The van der Waals surface area contributed by atoms with Crippen LogP contribution in [0.15, 0.2) is 34.1 Å². The number of alkyl halides is 3. The van der Waals surface area contributed by atoms with Crippen molar-refractivity contribution in [1.82, 2.24) is 0 Å². The third kappa shape index (κ3) is 2.05. The molecule has 1 aliphatic heterocycles. The topological polar surface area (TPSA) is 0 Å². The predicted octanol–water partition coefficient (Wildman–Crippen LogP) is 6.07. The summed E-state index contributed by atoms with van der Waals surface area (Å²) in [4.78, 5) is 0.588. The Bertz CT molecular complexity index is 481. The number of hydrogen-bond acceptors (Lipinski definition) is 0. The number of hydrogen-bond donors (Lipinski definition) is 0. The predicted molar refractivity (Wildman–Crippen MR) is 71.7 cm³/mol. The number of benzene rings is 1. The molecule has 100 valence electrons. The van der Waals surface area contributed by atoms with Crippen LogP contribution < -0.4 is 0 Å². The Morgan fingerprint density at radius 1 is 1.22 bits per heavy atom. The molecule has 0 aromatic heterocycles. The lowest BCUT2D eigenvalue weighted by atomic mass is 10.2. The third-order valence-corrected chi connectivity index (χ3v) is 7.27. The van der Waals surface area contributed by atoms with Crippen LogP contribution in [0.25, 0.3) is 6.08 Å².